The SMILES string of the molecule is CSCCCOc1c(-c2cc(C)cc(-c3cc(C(C)(C)C)cc(C(C)(C)C)c3)c2O)cc(Cc2ccccc2)cc1-c1cc(C)cc(-c2cc(C(C)(C)C)cc(C(C)(C)C)c2)c1O. The van der Waals surface area contributed by atoms with E-state index in [0.717, 1.165) is 62.2 Å². The predicted octanol–water partition coefficient (Wildman–Crippen LogP) is 16.3. The van der Waals surface area contributed by atoms with Gasteiger partial charge in [-0.2, -0.15) is 11.8 Å². The summed E-state index contributed by atoms with van der Waals surface area (Å²) in [6.45, 7) is 31.7. The van der Waals surface area contributed by atoms with E-state index < -0.39 is 0 Å². The number of ether oxygens (including phenoxy) is 1. The van der Waals surface area contributed by atoms with Crippen LogP contribution in [0.5, 0.6) is 17.2 Å². The molecule has 0 spiro atoms. The first-order valence-electron chi connectivity index (χ1n) is 22.7. The van der Waals surface area contributed by atoms with Crippen LogP contribution in [0.4, 0.5) is 0 Å². The van der Waals surface area contributed by atoms with Crippen molar-refractivity contribution < 1.29 is 14.9 Å². The van der Waals surface area contributed by atoms with Crippen LogP contribution < -0.4 is 4.74 Å². The highest BCUT2D eigenvalue weighted by molar-refractivity contribution is 7.98. The van der Waals surface area contributed by atoms with Gasteiger partial charge in [0.1, 0.15) is 17.2 Å². The molecule has 0 atom stereocenters. The lowest BCUT2D eigenvalue weighted by atomic mass is 9.78. The molecule has 0 bridgehead atoms. The van der Waals surface area contributed by atoms with Crippen molar-refractivity contribution in [2.75, 3.05) is 18.6 Å². The molecule has 0 aliphatic rings. The summed E-state index contributed by atoms with van der Waals surface area (Å²) in [6.07, 6.45) is 3.64. The maximum atomic E-state index is 12.8. The molecule has 0 aliphatic heterocycles. The lowest BCUT2D eigenvalue weighted by Crippen LogP contribution is -2.16. The topological polar surface area (TPSA) is 49.7 Å². The highest BCUT2D eigenvalue weighted by atomic mass is 32.2. The van der Waals surface area contributed by atoms with Crippen LogP contribution in [0.2, 0.25) is 0 Å². The highest BCUT2D eigenvalue weighted by Gasteiger charge is 2.27. The van der Waals surface area contributed by atoms with Crippen LogP contribution in [0.25, 0.3) is 44.5 Å². The van der Waals surface area contributed by atoms with Crippen molar-refractivity contribution in [3.63, 3.8) is 0 Å². The van der Waals surface area contributed by atoms with Crippen molar-refractivity contribution >= 4 is 11.8 Å². The van der Waals surface area contributed by atoms with Gasteiger partial charge in [0.25, 0.3) is 0 Å². The molecular formula is C59H72O3S. The van der Waals surface area contributed by atoms with Crippen LogP contribution in [0.3, 0.4) is 0 Å². The van der Waals surface area contributed by atoms with Gasteiger partial charge in [-0.25, -0.2) is 0 Å². The quantitative estimate of drug-likeness (QED) is 0.127. The highest BCUT2D eigenvalue weighted by Crippen LogP contribution is 2.51. The van der Waals surface area contributed by atoms with Gasteiger partial charge in [0.2, 0.25) is 0 Å². The van der Waals surface area contributed by atoms with Gasteiger partial charge in [-0.15, -0.1) is 0 Å². The molecule has 6 aromatic rings. The van der Waals surface area contributed by atoms with Crippen LogP contribution >= 0.6 is 11.8 Å². The Kier molecular flexibility index (Phi) is 13.8. The second-order valence-electron chi connectivity index (χ2n) is 21.9. The zero-order valence-electron chi connectivity index (χ0n) is 40.9. The lowest BCUT2D eigenvalue weighted by molar-refractivity contribution is 0.321. The van der Waals surface area contributed by atoms with Crippen molar-refractivity contribution in [2.45, 2.75) is 131 Å². The standard InChI is InChI=1S/C59H72O3S/c1-37-24-47(41-31-43(56(3,4)5)35-44(32-41)57(6,7)8)53(60)49(26-37)51-29-40(28-39-20-17-16-18-21-39)30-52(55(51)62-22-19-23-63-15)50-27-38(2)25-48(54(50)61)42-33-45(58(9,10)11)36-46(34-42)59(12,13)14/h16-18,20-21,24-27,29-36,60-61H,19,22-23,28H2,1-15H3. The van der Waals surface area contributed by atoms with Crippen LogP contribution in [0.1, 0.15) is 134 Å². The molecule has 6 rings (SSSR count). The molecule has 2 N–H and O–H groups in total. The summed E-state index contributed by atoms with van der Waals surface area (Å²) in [5, 5.41) is 25.5. The van der Waals surface area contributed by atoms with E-state index in [1.165, 1.54) is 27.8 Å². The van der Waals surface area contributed by atoms with Crippen molar-refractivity contribution in [3.8, 4) is 61.8 Å². The van der Waals surface area contributed by atoms with E-state index in [1.807, 2.05) is 6.07 Å². The first kappa shape index (κ1) is 47.5. The van der Waals surface area contributed by atoms with Gasteiger partial charge in [-0.05, 0) is 152 Å². The Morgan fingerprint density at radius 1 is 0.460 bits per heavy atom. The second-order valence-corrected chi connectivity index (χ2v) is 22.9. The molecule has 0 heterocycles. The van der Waals surface area contributed by atoms with Gasteiger partial charge in [0.15, 0.2) is 0 Å². The average Bonchev–Trinajstić information content (AvgIpc) is 3.20. The molecule has 0 aromatic heterocycles. The van der Waals surface area contributed by atoms with Gasteiger partial charge < -0.3 is 14.9 Å². The van der Waals surface area contributed by atoms with Crippen molar-refractivity contribution in [2.24, 2.45) is 0 Å². The van der Waals surface area contributed by atoms with Crippen molar-refractivity contribution in [1.82, 2.24) is 0 Å². The monoisotopic (exact) mass is 861 g/mol. The van der Waals surface area contributed by atoms with Crippen molar-refractivity contribution in [1.29, 1.82) is 0 Å². The van der Waals surface area contributed by atoms with E-state index in [0.29, 0.717) is 29.9 Å². The predicted molar refractivity (Wildman–Crippen MR) is 274 cm³/mol. The molecule has 0 saturated heterocycles. The number of aromatic hydroxyl groups is 2. The fourth-order valence-corrected chi connectivity index (χ4v) is 8.67. The minimum absolute atomic E-state index is 0.0895. The Morgan fingerprint density at radius 3 is 1.21 bits per heavy atom. The molecule has 0 unspecified atom stereocenters. The lowest BCUT2D eigenvalue weighted by Gasteiger charge is -2.27. The summed E-state index contributed by atoms with van der Waals surface area (Å²) in [5.41, 5.74) is 15.4. The maximum Gasteiger partial charge on any atom is 0.135 e. The van der Waals surface area contributed by atoms with Gasteiger partial charge in [-0.3, -0.25) is 0 Å². The minimum Gasteiger partial charge on any atom is -0.507 e. The summed E-state index contributed by atoms with van der Waals surface area (Å²) in [4.78, 5) is 0. The number of hydrogen-bond donors (Lipinski definition) is 2. The van der Waals surface area contributed by atoms with Gasteiger partial charge in [0.05, 0.1) is 6.61 Å². The third-order valence-electron chi connectivity index (χ3n) is 12.2. The summed E-state index contributed by atoms with van der Waals surface area (Å²) < 4.78 is 6.98. The summed E-state index contributed by atoms with van der Waals surface area (Å²) in [5.74, 6) is 2.04. The maximum absolute atomic E-state index is 12.8. The summed E-state index contributed by atoms with van der Waals surface area (Å²) >= 11 is 1.80. The Balaban J connectivity index is 1.69. The average molecular weight is 861 g/mol. The first-order valence-corrected chi connectivity index (χ1v) is 24.1. The van der Waals surface area contributed by atoms with E-state index >= 15 is 0 Å². The fourth-order valence-electron chi connectivity index (χ4n) is 8.26. The van der Waals surface area contributed by atoms with Gasteiger partial charge >= 0.3 is 0 Å². The molecular weight excluding hydrogens is 789 g/mol. The Hall–Kier alpha value is -4.93. The normalized spacial score (nSPS) is 12.5. The number of phenols is 2. The number of rotatable bonds is 11. The molecule has 0 saturated carbocycles. The third-order valence-corrected chi connectivity index (χ3v) is 12.9. The molecule has 0 aliphatic carbocycles. The van der Waals surface area contributed by atoms with Crippen LogP contribution in [-0.4, -0.2) is 28.8 Å². The second kappa shape index (κ2) is 18.3. The number of phenolic OH excluding ortho intramolecular Hbond substituents is 2. The Labute approximate surface area is 384 Å². The number of thioether (sulfide) groups is 1. The van der Waals surface area contributed by atoms with Crippen molar-refractivity contribution in [3.05, 3.63) is 148 Å². The van der Waals surface area contributed by atoms with Crippen LogP contribution in [0.15, 0.2) is 103 Å². The smallest absolute Gasteiger partial charge is 0.135 e. The zero-order valence-corrected chi connectivity index (χ0v) is 41.7. The van der Waals surface area contributed by atoms with Crippen LogP contribution in [-0.2, 0) is 28.1 Å². The number of aryl methyl sites for hydroxylation is 2. The molecule has 3 nitrogen and oxygen atoms in total. The van der Waals surface area contributed by atoms with E-state index in [4.69, 9.17) is 4.74 Å². The summed E-state index contributed by atoms with van der Waals surface area (Å²) in [6, 6.07) is 36.9. The number of hydrogen-bond acceptors (Lipinski definition) is 4. The fraction of sp³-hybridized carbons (Fsp3) is 0.390. The molecule has 6 aromatic carbocycles. The van der Waals surface area contributed by atoms with Gasteiger partial charge in [-0.1, -0.05) is 150 Å². The van der Waals surface area contributed by atoms with E-state index in [9.17, 15) is 10.2 Å². The largest absolute Gasteiger partial charge is 0.507 e. The van der Waals surface area contributed by atoms with E-state index in [-0.39, 0.29) is 33.2 Å². The van der Waals surface area contributed by atoms with Gasteiger partial charge in [0, 0.05) is 33.4 Å². The molecule has 63 heavy (non-hydrogen) atoms. The third kappa shape index (κ3) is 11.1. The molecule has 332 valence electrons. The molecule has 0 fully saturated rings. The Bertz CT molecular complexity index is 2370. The minimum atomic E-state index is -0.0895. The number of benzene rings is 6. The summed E-state index contributed by atoms with van der Waals surface area (Å²) in [7, 11) is 0. The molecule has 0 amide bonds. The van der Waals surface area contributed by atoms with Crippen LogP contribution in [0, 0.1) is 13.8 Å². The zero-order chi connectivity index (χ0) is 46.2. The van der Waals surface area contributed by atoms with E-state index in [2.05, 4.69) is 200 Å². The molecule has 0 radical (unpaired) electrons. The first-order chi connectivity index (χ1) is 29.3. The Morgan fingerprint density at radius 2 is 0.841 bits per heavy atom. The van der Waals surface area contributed by atoms with E-state index in [1.54, 1.807) is 11.8 Å². The molecule has 4 heteroatoms.